The van der Waals surface area contributed by atoms with Crippen LogP contribution in [0.5, 0.6) is 5.75 Å². The summed E-state index contributed by atoms with van der Waals surface area (Å²) in [6, 6.07) is 12.0. The second-order valence-corrected chi connectivity index (χ2v) is 7.50. The van der Waals surface area contributed by atoms with Gasteiger partial charge in [-0.2, -0.15) is 5.10 Å². The van der Waals surface area contributed by atoms with Crippen LogP contribution in [0.4, 0.5) is 4.39 Å². The summed E-state index contributed by atoms with van der Waals surface area (Å²) in [6.07, 6.45) is 2.22. The van der Waals surface area contributed by atoms with Crippen LogP contribution in [0.25, 0.3) is 11.1 Å². The average Bonchev–Trinajstić information content (AvgIpc) is 3.14. The summed E-state index contributed by atoms with van der Waals surface area (Å²) >= 11 is 6.52. The minimum Gasteiger partial charge on any atom is -0.487 e. The molecule has 2 aromatic carbocycles. The Balaban J connectivity index is 1.56. The molecule has 1 aliphatic rings. The number of rotatable bonds is 5. The lowest BCUT2D eigenvalue weighted by atomic mass is 9.88. The highest BCUT2D eigenvalue weighted by molar-refractivity contribution is 6.34. The van der Waals surface area contributed by atoms with E-state index in [0.717, 1.165) is 11.3 Å². The molecule has 4 rings (SSSR count). The predicted molar refractivity (Wildman–Crippen MR) is 110 cm³/mol. The first-order valence-electron chi connectivity index (χ1n) is 9.45. The maximum absolute atomic E-state index is 14.6. The molecule has 30 heavy (non-hydrogen) atoms. The number of carbonyl (C=O) groups is 2. The lowest BCUT2D eigenvalue weighted by Gasteiger charge is -2.23. The Morgan fingerprint density at radius 3 is 2.63 bits per heavy atom. The number of imide groups is 1. The molecular formula is C22H19ClFN3O3. The maximum Gasteiger partial charge on any atom is 0.234 e. The van der Waals surface area contributed by atoms with Crippen LogP contribution in [0.3, 0.4) is 0 Å². The van der Waals surface area contributed by atoms with Gasteiger partial charge in [0.25, 0.3) is 0 Å². The fraction of sp³-hybridized carbons (Fsp3) is 0.227. The summed E-state index contributed by atoms with van der Waals surface area (Å²) in [5.74, 6) is -1.58. The molecule has 2 heterocycles. The van der Waals surface area contributed by atoms with Crippen molar-refractivity contribution in [3.8, 4) is 16.9 Å². The van der Waals surface area contributed by atoms with Gasteiger partial charge in [-0.05, 0) is 42.3 Å². The quantitative estimate of drug-likeness (QED) is 0.625. The third kappa shape index (κ3) is 4.07. The van der Waals surface area contributed by atoms with Gasteiger partial charge in [0.1, 0.15) is 18.2 Å². The van der Waals surface area contributed by atoms with Crippen molar-refractivity contribution in [2.24, 2.45) is 7.05 Å². The van der Waals surface area contributed by atoms with E-state index in [9.17, 15) is 14.0 Å². The normalized spacial score (nSPS) is 16.4. The number of hydrogen-bond donors (Lipinski definition) is 1. The van der Waals surface area contributed by atoms with Gasteiger partial charge in [-0.15, -0.1) is 0 Å². The molecule has 2 amide bonds. The van der Waals surface area contributed by atoms with E-state index in [4.69, 9.17) is 16.3 Å². The molecule has 1 fully saturated rings. The van der Waals surface area contributed by atoms with E-state index >= 15 is 0 Å². The lowest BCUT2D eigenvalue weighted by molar-refractivity contribution is -0.134. The number of halogens is 2. The number of nitrogens with one attached hydrogen (secondary N) is 1. The molecule has 0 spiro atoms. The van der Waals surface area contributed by atoms with E-state index in [1.807, 2.05) is 31.4 Å². The molecule has 0 bridgehead atoms. The third-order valence-corrected chi connectivity index (χ3v) is 5.44. The summed E-state index contributed by atoms with van der Waals surface area (Å²) in [5.41, 5.74) is 2.31. The van der Waals surface area contributed by atoms with Gasteiger partial charge in [-0.1, -0.05) is 23.7 Å². The van der Waals surface area contributed by atoms with Gasteiger partial charge in [0.05, 0.1) is 16.6 Å². The average molecular weight is 428 g/mol. The summed E-state index contributed by atoms with van der Waals surface area (Å²) in [5, 5.41) is 6.69. The molecule has 1 N–H and O–H groups in total. The Labute approximate surface area is 177 Å². The smallest absolute Gasteiger partial charge is 0.234 e. The fourth-order valence-corrected chi connectivity index (χ4v) is 3.90. The van der Waals surface area contributed by atoms with Crippen LogP contribution in [0.15, 0.2) is 48.7 Å². The highest BCUT2D eigenvalue weighted by Gasteiger charge is 2.32. The minimum atomic E-state index is -0.795. The van der Waals surface area contributed by atoms with Crippen molar-refractivity contribution in [2.75, 3.05) is 0 Å². The fourth-order valence-electron chi connectivity index (χ4n) is 3.51. The van der Waals surface area contributed by atoms with Crippen molar-refractivity contribution in [1.82, 2.24) is 15.1 Å². The lowest BCUT2D eigenvalue weighted by Crippen LogP contribution is -2.39. The molecule has 0 aliphatic carbocycles. The summed E-state index contributed by atoms with van der Waals surface area (Å²) in [6.45, 7) is 0.344. The molecule has 6 nitrogen and oxygen atoms in total. The zero-order chi connectivity index (χ0) is 21.3. The molecule has 3 aromatic rings. The van der Waals surface area contributed by atoms with Crippen LogP contribution in [0.1, 0.15) is 30.0 Å². The van der Waals surface area contributed by atoms with Crippen molar-refractivity contribution in [3.63, 3.8) is 0 Å². The van der Waals surface area contributed by atoms with Crippen molar-refractivity contribution in [1.29, 1.82) is 0 Å². The Bertz CT molecular complexity index is 1110. The van der Waals surface area contributed by atoms with Crippen LogP contribution in [0.2, 0.25) is 5.02 Å². The van der Waals surface area contributed by atoms with Crippen LogP contribution in [-0.2, 0) is 23.2 Å². The number of amides is 2. The van der Waals surface area contributed by atoms with Gasteiger partial charge < -0.3 is 4.74 Å². The molecule has 8 heteroatoms. The van der Waals surface area contributed by atoms with E-state index < -0.39 is 17.6 Å². The second kappa shape index (κ2) is 8.28. The molecule has 154 valence electrons. The van der Waals surface area contributed by atoms with E-state index in [0.29, 0.717) is 17.9 Å². The largest absolute Gasteiger partial charge is 0.487 e. The van der Waals surface area contributed by atoms with Gasteiger partial charge in [-0.3, -0.25) is 19.6 Å². The van der Waals surface area contributed by atoms with Gasteiger partial charge in [0, 0.05) is 30.8 Å². The Kier molecular flexibility index (Phi) is 5.55. The Hall–Kier alpha value is -3.19. The van der Waals surface area contributed by atoms with Crippen LogP contribution >= 0.6 is 11.6 Å². The molecular weight excluding hydrogens is 409 g/mol. The highest BCUT2D eigenvalue weighted by Crippen LogP contribution is 2.39. The molecule has 1 aliphatic heterocycles. The SMILES string of the molecule is Cn1ccc(COc2ccc(-c3ccc(F)c(C4CCC(=O)NC4=O)c3Cl)cc2)n1. The molecule has 0 saturated carbocycles. The van der Waals surface area contributed by atoms with Gasteiger partial charge >= 0.3 is 0 Å². The number of aromatic nitrogens is 2. The Morgan fingerprint density at radius 2 is 1.97 bits per heavy atom. The number of piperidine rings is 1. The topological polar surface area (TPSA) is 73.2 Å². The third-order valence-electron chi connectivity index (χ3n) is 5.04. The number of ether oxygens (including phenoxy) is 1. The number of nitrogens with zero attached hydrogens (tertiary/aromatic N) is 2. The van der Waals surface area contributed by atoms with E-state index in [1.54, 1.807) is 22.9 Å². The van der Waals surface area contributed by atoms with Crippen molar-refractivity contribution < 1.29 is 18.7 Å². The number of carbonyl (C=O) groups excluding carboxylic acids is 2. The van der Waals surface area contributed by atoms with Gasteiger partial charge in [0.15, 0.2) is 0 Å². The maximum atomic E-state index is 14.6. The molecule has 1 aromatic heterocycles. The van der Waals surface area contributed by atoms with Crippen LogP contribution in [-0.4, -0.2) is 21.6 Å². The summed E-state index contributed by atoms with van der Waals surface area (Å²) in [7, 11) is 1.84. The first-order valence-corrected chi connectivity index (χ1v) is 9.83. The van der Waals surface area contributed by atoms with Crippen molar-refractivity contribution in [2.45, 2.75) is 25.4 Å². The van der Waals surface area contributed by atoms with Crippen LogP contribution < -0.4 is 10.1 Å². The molecule has 1 atom stereocenters. The van der Waals surface area contributed by atoms with Gasteiger partial charge in [0.2, 0.25) is 11.8 Å². The zero-order valence-electron chi connectivity index (χ0n) is 16.2. The van der Waals surface area contributed by atoms with Crippen LogP contribution in [0, 0.1) is 5.82 Å². The zero-order valence-corrected chi connectivity index (χ0v) is 16.9. The first kappa shape index (κ1) is 20.1. The first-order chi connectivity index (χ1) is 14.4. The number of benzene rings is 2. The highest BCUT2D eigenvalue weighted by atomic mass is 35.5. The second-order valence-electron chi connectivity index (χ2n) is 7.12. The van der Waals surface area contributed by atoms with E-state index in [2.05, 4.69) is 10.4 Å². The summed E-state index contributed by atoms with van der Waals surface area (Å²) in [4.78, 5) is 23.6. The van der Waals surface area contributed by atoms with Crippen molar-refractivity contribution >= 4 is 23.4 Å². The molecule has 1 saturated heterocycles. The predicted octanol–water partition coefficient (Wildman–Crippen LogP) is 3.98. The monoisotopic (exact) mass is 427 g/mol. The molecule has 1 unspecified atom stereocenters. The summed E-state index contributed by atoms with van der Waals surface area (Å²) < 4.78 is 22.0. The number of hydrogen-bond acceptors (Lipinski definition) is 4. The Morgan fingerprint density at radius 1 is 1.20 bits per heavy atom. The van der Waals surface area contributed by atoms with E-state index in [1.165, 1.54) is 6.07 Å². The van der Waals surface area contributed by atoms with Crippen molar-refractivity contribution in [3.05, 3.63) is 70.8 Å². The minimum absolute atomic E-state index is 0.120. The number of aryl methyl sites for hydroxylation is 1. The van der Waals surface area contributed by atoms with E-state index in [-0.39, 0.29) is 29.3 Å². The standard InChI is InChI=1S/C22H19ClFN3O3/c1-27-11-10-14(26-27)12-30-15-4-2-13(3-5-15)16-6-8-18(24)20(21(16)23)17-7-9-19(28)25-22(17)29/h2-6,8,10-11,17H,7,9,12H2,1H3,(H,25,28,29). The van der Waals surface area contributed by atoms with Gasteiger partial charge in [-0.25, -0.2) is 4.39 Å². The molecule has 0 radical (unpaired) electrons.